The predicted molar refractivity (Wildman–Crippen MR) is 59.1 cm³/mol. The summed E-state index contributed by atoms with van der Waals surface area (Å²) in [5.41, 5.74) is 0.457. The van der Waals surface area contributed by atoms with Crippen LogP contribution in [-0.2, 0) is 4.79 Å². The van der Waals surface area contributed by atoms with Gasteiger partial charge in [0, 0.05) is 11.6 Å². The fourth-order valence-electron chi connectivity index (χ4n) is 0.994. The minimum atomic E-state index is -1.04. The summed E-state index contributed by atoms with van der Waals surface area (Å²) in [6.07, 6.45) is 3.01. The quantitative estimate of drug-likeness (QED) is 0.633. The lowest BCUT2D eigenvalue weighted by Gasteiger charge is -2.05. The van der Waals surface area contributed by atoms with E-state index in [0.717, 1.165) is 6.08 Å². The monoisotopic (exact) mass is 240 g/mol. The van der Waals surface area contributed by atoms with Gasteiger partial charge >= 0.3 is 5.97 Å². The summed E-state index contributed by atoms with van der Waals surface area (Å²) in [4.78, 5) is 20.6. The molecular formula is C11H9ClO4. The molecular weight excluding hydrogens is 232 g/mol. The third-order valence-electron chi connectivity index (χ3n) is 1.69. The van der Waals surface area contributed by atoms with Crippen molar-refractivity contribution in [3.63, 3.8) is 0 Å². The van der Waals surface area contributed by atoms with E-state index in [1.165, 1.54) is 12.1 Å². The van der Waals surface area contributed by atoms with E-state index in [2.05, 4.69) is 0 Å². The molecule has 0 unspecified atom stereocenters. The lowest BCUT2D eigenvalue weighted by atomic mass is 10.2. The second-order valence-electron chi connectivity index (χ2n) is 2.86. The Kier molecular flexibility index (Phi) is 4.54. The molecule has 1 aromatic carbocycles. The highest BCUT2D eigenvalue weighted by Gasteiger charge is 2.01. The number of carbonyl (C=O) groups excluding carboxylic acids is 1. The van der Waals surface area contributed by atoms with Crippen LogP contribution in [0.2, 0.25) is 5.02 Å². The third kappa shape index (κ3) is 3.74. The zero-order chi connectivity index (χ0) is 12.0. The number of carboxylic acid groups (broad SMARTS) is 1. The van der Waals surface area contributed by atoms with Gasteiger partial charge in [0.2, 0.25) is 0 Å². The summed E-state index contributed by atoms with van der Waals surface area (Å²) in [5, 5.41) is 8.64. The molecule has 0 atom stereocenters. The van der Waals surface area contributed by atoms with Crippen molar-refractivity contribution in [3.8, 4) is 5.75 Å². The molecule has 4 nitrogen and oxygen atoms in total. The fraction of sp³-hybridized carbons (Fsp3) is 0.0909. The Morgan fingerprint density at radius 2 is 2.25 bits per heavy atom. The minimum Gasteiger partial charge on any atom is -0.488 e. The largest absolute Gasteiger partial charge is 0.488 e. The number of aliphatic carboxylic acids is 1. The number of hydrogen-bond acceptors (Lipinski definition) is 3. The second kappa shape index (κ2) is 5.92. The Hall–Kier alpha value is -1.81. The highest BCUT2D eigenvalue weighted by Crippen LogP contribution is 2.24. The number of rotatable bonds is 5. The van der Waals surface area contributed by atoms with Crippen LogP contribution in [0.4, 0.5) is 0 Å². The van der Waals surface area contributed by atoms with Crippen LogP contribution in [0.25, 0.3) is 0 Å². The van der Waals surface area contributed by atoms with Crippen LogP contribution in [0.1, 0.15) is 10.4 Å². The van der Waals surface area contributed by atoms with Gasteiger partial charge in [0.15, 0.2) is 0 Å². The highest BCUT2D eigenvalue weighted by molar-refractivity contribution is 6.32. The van der Waals surface area contributed by atoms with Crippen LogP contribution in [0.15, 0.2) is 30.4 Å². The van der Waals surface area contributed by atoms with Crippen molar-refractivity contribution in [2.45, 2.75) is 0 Å². The third-order valence-corrected chi connectivity index (χ3v) is 1.98. The van der Waals surface area contributed by atoms with Gasteiger partial charge in [-0.2, -0.15) is 0 Å². The number of aldehydes is 1. The van der Waals surface area contributed by atoms with Gasteiger partial charge in [-0.05, 0) is 24.3 Å². The summed E-state index contributed by atoms with van der Waals surface area (Å²) in [7, 11) is 0. The Morgan fingerprint density at radius 3 is 2.81 bits per heavy atom. The summed E-state index contributed by atoms with van der Waals surface area (Å²) in [6, 6.07) is 4.60. The number of benzene rings is 1. The van der Waals surface area contributed by atoms with Crippen molar-refractivity contribution in [2.75, 3.05) is 6.61 Å². The van der Waals surface area contributed by atoms with Crippen molar-refractivity contribution in [1.29, 1.82) is 0 Å². The molecule has 0 aliphatic carbocycles. The summed E-state index contributed by atoms with van der Waals surface area (Å²) >= 11 is 5.83. The molecule has 84 valence electrons. The molecule has 0 heterocycles. The molecule has 1 aromatic rings. The molecule has 0 spiro atoms. The van der Waals surface area contributed by atoms with Gasteiger partial charge in [-0.15, -0.1) is 0 Å². The lowest BCUT2D eigenvalue weighted by Crippen LogP contribution is -1.96. The van der Waals surface area contributed by atoms with E-state index in [4.69, 9.17) is 21.4 Å². The van der Waals surface area contributed by atoms with Crippen LogP contribution >= 0.6 is 11.6 Å². The molecule has 16 heavy (non-hydrogen) atoms. The number of carboxylic acids is 1. The van der Waals surface area contributed by atoms with Gasteiger partial charge in [0.1, 0.15) is 18.6 Å². The first-order valence-corrected chi connectivity index (χ1v) is 4.78. The molecule has 1 rings (SSSR count). The molecule has 0 aliphatic rings. The average Bonchev–Trinajstić information content (AvgIpc) is 2.25. The van der Waals surface area contributed by atoms with E-state index < -0.39 is 5.97 Å². The Balaban J connectivity index is 2.61. The van der Waals surface area contributed by atoms with Gasteiger partial charge in [-0.25, -0.2) is 4.79 Å². The van der Waals surface area contributed by atoms with Crippen molar-refractivity contribution in [2.24, 2.45) is 0 Å². The number of carbonyl (C=O) groups is 2. The molecule has 0 aromatic heterocycles. The number of ether oxygens (including phenoxy) is 1. The number of hydrogen-bond donors (Lipinski definition) is 1. The SMILES string of the molecule is O=Cc1ccc(OCC=CC(=O)O)c(Cl)c1. The van der Waals surface area contributed by atoms with Crippen LogP contribution in [0, 0.1) is 0 Å². The second-order valence-corrected chi connectivity index (χ2v) is 3.27. The average molecular weight is 241 g/mol. The number of halogens is 1. The Bertz CT molecular complexity index is 426. The summed E-state index contributed by atoms with van der Waals surface area (Å²) < 4.78 is 5.19. The first-order valence-electron chi connectivity index (χ1n) is 4.40. The van der Waals surface area contributed by atoms with Crippen LogP contribution in [0.5, 0.6) is 5.75 Å². The normalized spacial score (nSPS) is 10.3. The molecule has 0 fully saturated rings. The standard InChI is InChI=1S/C11H9ClO4/c12-9-6-8(7-13)3-4-10(9)16-5-1-2-11(14)15/h1-4,6-7H,5H2,(H,14,15). The first kappa shape index (κ1) is 12.3. The minimum absolute atomic E-state index is 0.104. The van der Waals surface area contributed by atoms with Crippen LogP contribution < -0.4 is 4.74 Å². The van der Waals surface area contributed by atoms with E-state index in [9.17, 15) is 9.59 Å². The smallest absolute Gasteiger partial charge is 0.328 e. The summed E-state index contributed by atoms with van der Waals surface area (Å²) in [6.45, 7) is 0.104. The lowest BCUT2D eigenvalue weighted by molar-refractivity contribution is -0.131. The molecule has 1 N–H and O–H groups in total. The van der Waals surface area contributed by atoms with E-state index in [1.807, 2.05) is 0 Å². The Labute approximate surface area is 97.1 Å². The molecule has 0 saturated heterocycles. The molecule has 0 saturated carbocycles. The van der Waals surface area contributed by atoms with E-state index in [-0.39, 0.29) is 6.61 Å². The van der Waals surface area contributed by atoms with Gasteiger partial charge in [0.25, 0.3) is 0 Å². The van der Waals surface area contributed by atoms with Crippen LogP contribution in [-0.4, -0.2) is 24.0 Å². The van der Waals surface area contributed by atoms with Gasteiger partial charge in [-0.1, -0.05) is 11.6 Å². The molecule has 0 radical (unpaired) electrons. The Morgan fingerprint density at radius 1 is 1.50 bits per heavy atom. The maximum Gasteiger partial charge on any atom is 0.328 e. The van der Waals surface area contributed by atoms with E-state index in [1.54, 1.807) is 12.1 Å². The van der Waals surface area contributed by atoms with Crippen molar-refractivity contribution >= 4 is 23.9 Å². The van der Waals surface area contributed by atoms with Gasteiger partial charge in [0.05, 0.1) is 5.02 Å². The predicted octanol–water partition coefficient (Wildman–Crippen LogP) is 2.17. The van der Waals surface area contributed by atoms with Gasteiger partial charge in [-0.3, -0.25) is 4.79 Å². The first-order chi connectivity index (χ1) is 7.63. The summed E-state index contributed by atoms with van der Waals surface area (Å²) in [5.74, 6) is -0.631. The fourth-order valence-corrected chi connectivity index (χ4v) is 1.24. The highest BCUT2D eigenvalue weighted by atomic mass is 35.5. The van der Waals surface area contributed by atoms with Crippen molar-refractivity contribution in [1.82, 2.24) is 0 Å². The topological polar surface area (TPSA) is 63.6 Å². The van der Waals surface area contributed by atoms with Gasteiger partial charge < -0.3 is 9.84 Å². The van der Waals surface area contributed by atoms with Crippen LogP contribution in [0.3, 0.4) is 0 Å². The maximum absolute atomic E-state index is 10.4. The zero-order valence-electron chi connectivity index (χ0n) is 8.22. The maximum atomic E-state index is 10.4. The van der Waals surface area contributed by atoms with E-state index >= 15 is 0 Å². The van der Waals surface area contributed by atoms with Crippen molar-refractivity contribution in [3.05, 3.63) is 40.9 Å². The van der Waals surface area contributed by atoms with E-state index in [0.29, 0.717) is 22.6 Å². The molecule has 0 aliphatic heterocycles. The molecule has 0 bridgehead atoms. The molecule has 0 amide bonds. The van der Waals surface area contributed by atoms with Crippen molar-refractivity contribution < 1.29 is 19.4 Å². The molecule has 5 heteroatoms. The zero-order valence-corrected chi connectivity index (χ0v) is 8.98.